The first-order valence-corrected chi connectivity index (χ1v) is 7.20. The van der Waals surface area contributed by atoms with Gasteiger partial charge in [0, 0.05) is 22.1 Å². The largest absolute Gasteiger partial charge is 0.497 e. The van der Waals surface area contributed by atoms with Crippen molar-refractivity contribution >= 4 is 15.9 Å². The molecule has 2 rings (SSSR count). The standard InChI is InChI=1S/C16H18BrNO2/c1-11(18)15-7-6-14(19-2)9-16(15)20-10-12-4-3-5-13(17)8-12/h3-9,11H,10,18H2,1-2H3/t11-/m1/s1. The van der Waals surface area contributed by atoms with E-state index < -0.39 is 0 Å². The van der Waals surface area contributed by atoms with E-state index in [1.54, 1.807) is 7.11 Å². The summed E-state index contributed by atoms with van der Waals surface area (Å²) in [5.74, 6) is 1.53. The van der Waals surface area contributed by atoms with E-state index in [1.807, 2.05) is 49.4 Å². The Labute approximate surface area is 127 Å². The molecule has 0 fully saturated rings. The Kier molecular flexibility index (Phi) is 5.04. The fourth-order valence-corrected chi connectivity index (χ4v) is 2.38. The van der Waals surface area contributed by atoms with Gasteiger partial charge in [-0.25, -0.2) is 0 Å². The highest BCUT2D eigenvalue weighted by Gasteiger charge is 2.10. The topological polar surface area (TPSA) is 44.5 Å². The zero-order chi connectivity index (χ0) is 14.5. The van der Waals surface area contributed by atoms with Crippen LogP contribution in [0.4, 0.5) is 0 Å². The SMILES string of the molecule is COc1ccc([C@@H](C)N)c(OCc2cccc(Br)c2)c1. The van der Waals surface area contributed by atoms with Gasteiger partial charge in [-0.2, -0.15) is 0 Å². The molecule has 0 aliphatic carbocycles. The lowest BCUT2D eigenvalue weighted by atomic mass is 10.1. The molecule has 0 saturated carbocycles. The Morgan fingerprint density at radius 2 is 2.00 bits per heavy atom. The minimum Gasteiger partial charge on any atom is -0.497 e. The van der Waals surface area contributed by atoms with E-state index >= 15 is 0 Å². The van der Waals surface area contributed by atoms with Crippen LogP contribution in [-0.2, 0) is 6.61 Å². The molecule has 0 aliphatic heterocycles. The highest BCUT2D eigenvalue weighted by atomic mass is 79.9. The maximum atomic E-state index is 5.97. The zero-order valence-corrected chi connectivity index (χ0v) is 13.2. The van der Waals surface area contributed by atoms with Gasteiger partial charge >= 0.3 is 0 Å². The smallest absolute Gasteiger partial charge is 0.128 e. The zero-order valence-electron chi connectivity index (χ0n) is 11.6. The number of halogens is 1. The van der Waals surface area contributed by atoms with Crippen LogP contribution in [0.3, 0.4) is 0 Å². The van der Waals surface area contributed by atoms with E-state index in [0.29, 0.717) is 6.61 Å². The van der Waals surface area contributed by atoms with Crippen molar-refractivity contribution in [1.82, 2.24) is 0 Å². The molecule has 0 spiro atoms. The molecule has 0 saturated heterocycles. The molecule has 2 N–H and O–H groups in total. The summed E-state index contributed by atoms with van der Waals surface area (Å²) < 4.78 is 12.2. The first kappa shape index (κ1) is 14.9. The molecule has 4 heteroatoms. The van der Waals surface area contributed by atoms with E-state index in [0.717, 1.165) is 27.1 Å². The first-order chi connectivity index (χ1) is 9.60. The highest BCUT2D eigenvalue weighted by molar-refractivity contribution is 9.10. The summed E-state index contributed by atoms with van der Waals surface area (Å²) >= 11 is 3.45. The third kappa shape index (κ3) is 3.74. The van der Waals surface area contributed by atoms with Crippen molar-refractivity contribution in [3.63, 3.8) is 0 Å². The normalized spacial score (nSPS) is 12.0. The van der Waals surface area contributed by atoms with Crippen LogP contribution in [0.1, 0.15) is 24.1 Å². The minimum atomic E-state index is -0.0848. The predicted octanol–water partition coefficient (Wildman–Crippen LogP) is 4.06. The highest BCUT2D eigenvalue weighted by Crippen LogP contribution is 2.29. The molecule has 3 nitrogen and oxygen atoms in total. The lowest BCUT2D eigenvalue weighted by Crippen LogP contribution is -2.08. The number of hydrogen-bond donors (Lipinski definition) is 1. The molecule has 0 amide bonds. The van der Waals surface area contributed by atoms with Crippen LogP contribution in [0.25, 0.3) is 0 Å². The van der Waals surface area contributed by atoms with Crippen LogP contribution in [-0.4, -0.2) is 7.11 Å². The van der Waals surface area contributed by atoms with Gasteiger partial charge in [-0.05, 0) is 30.7 Å². The monoisotopic (exact) mass is 335 g/mol. The van der Waals surface area contributed by atoms with Crippen molar-refractivity contribution in [1.29, 1.82) is 0 Å². The Bertz CT molecular complexity index is 584. The summed E-state index contributed by atoms with van der Waals surface area (Å²) in [5, 5.41) is 0. The number of rotatable bonds is 5. The van der Waals surface area contributed by atoms with Crippen molar-refractivity contribution < 1.29 is 9.47 Å². The number of benzene rings is 2. The molecule has 1 atom stereocenters. The first-order valence-electron chi connectivity index (χ1n) is 6.41. The van der Waals surface area contributed by atoms with Gasteiger partial charge in [0.25, 0.3) is 0 Å². The second-order valence-electron chi connectivity index (χ2n) is 4.61. The van der Waals surface area contributed by atoms with E-state index in [2.05, 4.69) is 15.9 Å². The van der Waals surface area contributed by atoms with Crippen molar-refractivity contribution in [3.05, 3.63) is 58.1 Å². The van der Waals surface area contributed by atoms with Gasteiger partial charge in [0.15, 0.2) is 0 Å². The Morgan fingerprint density at radius 3 is 2.65 bits per heavy atom. The van der Waals surface area contributed by atoms with E-state index in [9.17, 15) is 0 Å². The van der Waals surface area contributed by atoms with Crippen LogP contribution in [0.2, 0.25) is 0 Å². The van der Waals surface area contributed by atoms with Crippen LogP contribution < -0.4 is 15.2 Å². The molecule has 0 heterocycles. The fraction of sp³-hybridized carbons (Fsp3) is 0.250. The molecule has 20 heavy (non-hydrogen) atoms. The van der Waals surface area contributed by atoms with Gasteiger partial charge in [-0.15, -0.1) is 0 Å². The van der Waals surface area contributed by atoms with Crippen molar-refractivity contribution in [2.75, 3.05) is 7.11 Å². The second-order valence-corrected chi connectivity index (χ2v) is 5.53. The van der Waals surface area contributed by atoms with E-state index in [4.69, 9.17) is 15.2 Å². The number of methoxy groups -OCH3 is 1. The summed E-state index contributed by atoms with van der Waals surface area (Å²) in [6, 6.07) is 13.7. The average Bonchev–Trinajstić information content (AvgIpc) is 2.44. The second kappa shape index (κ2) is 6.77. The van der Waals surface area contributed by atoms with Gasteiger partial charge < -0.3 is 15.2 Å². The maximum absolute atomic E-state index is 5.97. The average molecular weight is 336 g/mol. The van der Waals surface area contributed by atoms with Gasteiger partial charge in [0.2, 0.25) is 0 Å². The van der Waals surface area contributed by atoms with Gasteiger partial charge in [0.1, 0.15) is 18.1 Å². The number of ether oxygens (including phenoxy) is 2. The number of hydrogen-bond acceptors (Lipinski definition) is 3. The third-order valence-electron chi connectivity index (χ3n) is 2.99. The van der Waals surface area contributed by atoms with Gasteiger partial charge in [-0.3, -0.25) is 0 Å². The molecule has 106 valence electrons. The van der Waals surface area contributed by atoms with E-state index in [-0.39, 0.29) is 6.04 Å². The molecule has 0 bridgehead atoms. The lowest BCUT2D eigenvalue weighted by molar-refractivity contribution is 0.299. The summed E-state index contributed by atoms with van der Waals surface area (Å²) in [6.45, 7) is 2.43. The van der Waals surface area contributed by atoms with Crippen molar-refractivity contribution in [2.45, 2.75) is 19.6 Å². The third-order valence-corrected chi connectivity index (χ3v) is 3.49. The fourth-order valence-electron chi connectivity index (χ4n) is 1.93. The molecule has 0 radical (unpaired) electrons. The Morgan fingerprint density at radius 1 is 1.20 bits per heavy atom. The van der Waals surface area contributed by atoms with Crippen molar-refractivity contribution in [3.8, 4) is 11.5 Å². The summed E-state index contributed by atoms with van der Waals surface area (Å²) in [7, 11) is 1.64. The van der Waals surface area contributed by atoms with Gasteiger partial charge in [0.05, 0.1) is 7.11 Å². The molecule has 0 unspecified atom stereocenters. The van der Waals surface area contributed by atoms with Gasteiger partial charge in [-0.1, -0.05) is 34.1 Å². The van der Waals surface area contributed by atoms with Crippen LogP contribution in [0, 0.1) is 0 Å². The van der Waals surface area contributed by atoms with E-state index in [1.165, 1.54) is 0 Å². The minimum absolute atomic E-state index is 0.0848. The van der Waals surface area contributed by atoms with Crippen LogP contribution in [0.5, 0.6) is 11.5 Å². The van der Waals surface area contributed by atoms with Crippen LogP contribution >= 0.6 is 15.9 Å². The quantitative estimate of drug-likeness (QED) is 0.896. The Hall–Kier alpha value is -1.52. The molecule has 0 aliphatic rings. The Balaban J connectivity index is 2.19. The summed E-state index contributed by atoms with van der Waals surface area (Å²) in [6.07, 6.45) is 0. The number of nitrogens with two attached hydrogens (primary N) is 1. The molecular formula is C16H18BrNO2. The molecule has 2 aromatic rings. The summed E-state index contributed by atoms with van der Waals surface area (Å²) in [5.41, 5.74) is 8.04. The molecular weight excluding hydrogens is 318 g/mol. The predicted molar refractivity (Wildman–Crippen MR) is 84.1 cm³/mol. The van der Waals surface area contributed by atoms with Crippen LogP contribution in [0.15, 0.2) is 46.9 Å². The van der Waals surface area contributed by atoms with Crippen molar-refractivity contribution in [2.24, 2.45) is 5.73 Å². The molecule has 2 aromatic carbocycles. The summed E-state index contributed by atoms with van der Waals surface area (Å²) in [4.78, 5) is 0. The molecule has 0 aromatic heterocycles. The lowest BCUT2D eigenvalue weighted by Gasteiger charge is -2.15. The maximum Gasteiger partial charge on any atom is 0.128 e.